The molecule has 7 heteroatoms. The van der Waals surface area contributed by atoms with E-state index in [0.29, 0.717) is 19.6 Å². The van der Waals surface area contributed by atoms with E-state index in [1.54, 1.807) is 6.92 Å². The van der Waals surface area contributed by atoms with Crippen LogP contribution in [-0.4, -0.2) is 34.1 Å². The molecule has 0 aliphatic carbocycles. The Balaban J connectivity index is 1.77. The van der Waals surface area contributed by atoms with Gasteiger partial charge in [-0.15, -0.1) is 0 Å². The number of nitrogens with one attached hydrogen (secondary N) is 2. The molecule has 0 amide bonds. The van der Waals surface area contributed by atoms with Crippen molar-refractivity contribution in [1.82, 2.24) is 10.0 Å². The van der Waals surface area contributed by atoms with Gasteiger partial charge >= 0.3 is 0 Å². The molecule has 6 nitrogen and oxygen atoms in total. The van der Waals surface area contributed by atoms with Gasteiger partial charge in [0.1, 0.15) is 0 Å². The van der Waals surface area contributed by atoms with Gasteiger partial charge in [0.05, 0.1) is 5.75 Å². The summed E-state index contributed by atoms with van der Waals surface area (Å²) in [7, 11) is -3.15. The highest BCUT2D eigenvalue weighted by molar-refractivity contribution is 7.89. The molecule has 1 aliphatic heterocycles. The van der Waals surface area contributed by atoms with Crippen molar-refractivity contribution in [3.63, 3.8) is 0 Å². The Morgan fingerprint density at radius 3 is 2.84 bits per heavy atom. The van der Waals surface area contributed by atoms with Crippen molar-refractivity contribution < 1.29 is 17.9 Å². The van der Waals surface area contributed by atoms with Crippen molar-refractivity contribution in [3.8, 4) is 11.5 Å². The fourth-order valence-electron chi connectivity index (χ4n) is 1.78. The predicted octanol–water partition coefficient (Wildman–Crippen LogP) is 0.444. The molecule has 0 saturated carbocycles. The maximum absolute atomic E-state index is 11.4. The zero-order chi connectivity index (χ0) is 13.7. The molecule has 0 atom stereocenters. The Morgan fingerprint density at radius 2 is 2.05 bits per heavy atom. The predicted molar refractivity (Wildman–Crippen MR) is 71.7 cm³/mol. The van der Waals surface area contributed by atoms with Crippen molar-refractivity contribution >= 4 is 10.0 Å². The molecular formula is C12H18N2O4S. The average Bonchev–Trinajstić information content (AvgIpc) is 2.82. The molecule has 1 heterocycles. The Bertz CT molecular complexity index is 531. The number of hydrogen-bond acceptors (Lipinski definition) is 5. The highest BCUT2D eigenvalue weighted by atomic mass is 32.2. The van der Waals surface area contributed by atoms with Crippen LogP contribution in [0.4, 0.5) is 0 Å². The van der Waals surface area contributed by atoms with Crippen molar-refractivity contribution in [2.45, 2.75) is 13.5 Å². The molecule has 0 spiro atoms. The summed E-state index contributed by atoms with van der Waals surface area (Å²) in [5, 5.41) is 3.09. The molecule has 2 rings (SSSR count). The number of fused-ring (bicyclic) bond motifs is 1. The van der Waals surface area contributed by atoms with E-state index in [9.17, 15) is 8.42 Å². The van der Waals surface area contributed by atoms with E-state index in [4.69, 9.17) is 9.47 Å². The van der Waals surface area contributed by atoms with Gasteiger partial charge in [-0.3, -0.25) is 0 Å². The number of sulfonamides is 1. The molecule has 1 aromatic rings. The molecule has 1 aliphatic rings. The minimum absolute atomic E-state index is 0.0748. The molecule has 1 aromatic carbocycles. The summed E-state index contributed by atoms with van der Waals surface area (Å²) < 4.78 is 35.8. The number of hydrogen-bond donors (Lipinski definition) is 2. The topological polar surface area (TPSA) is 76.7 Å². The second-order valence-corrected chi connectivity index (χ2v) is 6.11. The molecular weight excluding hydrogens is 268 g/mol. The lowest BCUT2D eigenvalue weighted by Gasteiger charge is -2.07. The minimum Gasteiger partial charge on any atom is -0.454 e. The fourth-order valence-corrected chi connectivity index (χ4v) is 2.78. The maximum atomic E-state index is 11.4. The van der Waals surface area contributed by atoms with E-state index in [2.05, 4.69) is 10.0 Å². The van der Waals surface area contributed by atoms with E-state index in [1.807, 2.05) is 18.2 Å². The van der Waals surface area contributed by atoms with Crippen LogP contribution < -0.4 is 19.5 Å². The van der Waals surface area contributed by atoms with Gasteiger partial charge in [0, 0.05) is 19.6 Å². The summed E-state index contributed by atoms with van der Waals surface area (Å²) in [5.41, 5.74) is 1.03. The van der Waals surface area contributed by atoms with E-state index in [1.165, 1.54) is 0 Å². The zero-order valence-corrected chi connectivity index (χ0v) is 11.6. The number of ether oxygens (including phenoxy) is 2. The van der Waals surface area contributed by atoms with Gasteiger partial charge in [0.2, 0.25) is 16.8 Å². The lowest BCUT2D eigenvalue weighted by Crippen LogP contribution is -2.31. The van der Waals surface area contributed by atoms with E-state index >= 15 is 0 Å². The smallest absolute Gasteiger partial charge is 0.231 e. The van der Waals surface area contributed by atoms with Crippen LogP contribution in [-0.2, 0) is 16.6 Å². The molecule has 0 aromatic heterocycles. The number of benzene rings is 1. The van der Waals surface area contributed by atoms with Crippen LogP contribution in [0.25, 0.3) is 0 Å². The summed E-state index contributed by atoms with van der Waals surface area (Å²) in [4.78, 5) is 0. The summed E-state index contributed by atoms with van der Waals surface area (Å²) in [6.45, 7) is 3.44. The second kappa shape index (κ2) is 6.23. The lowest BCUT2D eigenvalue weighted by molar-refractivity contribution is 0.174. The van der Waals surface area contributed by atoms with E-state index in [0.717, 1.165) is 17.1 Å². The SMILES string of the molecule is CCNS(=O)(=O)CCNCc1ccc2c(c1)OCO2. The van der Waals surface area contributed by atoms with Gasteiger partial charge in [0.15, 0.2) is 11.5 Å². The van der Waals surface area contributed by atoms with Gasteiger partial charge < -0.3 is 14.8 Å². The standard InChI is InChI=1S/C12H18N2O4S/c1-2-14-19(15,16)6-5-13-8-10-3-4-11-12(7-10)18-9-17-11/h3-4,7,13-14H,2,5-6,8-9H2,1H3. The van der Waals surface area contributed by atoms with Crippen LogP contribution >= 0.6 is 0 Å². The van der Waals surface area contributed by atoms with Crippen LogP contribution in [0.5, 0.6) is 11.5 Å². The molecule has 2 N–H and O–H groups in total. The van der Waals surface area contributed by atoms with Crippen molar-refractivity contribution in [3.05, 3.63) is 23.8 Å². The summed E-state index contributed by atoms with van der Waals surface area (Å²) in [6, 6.07) is 5.68. The molecule has 0 saturated heterocycles. The average molecular weight is 286 g/mol. The van der Waals surface area contributed by atoms with Crippen LogP contribution in [0, 0.1) is 0 Å². The zero-order valence-electron chi connectivity index (χ0n) is 10.8. The molecule has 0 fully saturated rings. The monoisotopic (exact) mass is 286 g/mol. The van der Waals surface area contributed by atoms with Crippen LogP contribution in [0.3, 0.4) is 0 Å². The van der Waals surface area contributed by atoms with Crippen LogP contribution in [0.1, 0.15) is 12.5 Å². The first-order valence-corrected chi connectivity index (χ1v) is 7.82. The molecule has 0 unspecified atom stereocenters. The van der Waals surface area contributed by atoms with Crippen LogP contribution in [0.2, 0.25) is 0 Å². The lowest BCUT2D eigenvalue weighted by atomic mass is 10.2. The second-order valence-electron chi connectivity index (χ2n) is 4.18. The maximum Gasteiger partial charge on any atom is 0.231 e. The minimum atomic E-state index is -3.15. The highest BCUT2D eigenvalue weighted by Crippen LogP contribution is 2.32. The first kappa shape index (κ1) is 14.1. The molecule has 106 valence electrons. The third kappa shape index (κ3) is 4.09. The Labute approximate surface area is 113 Å². The van der Waals surface area contributed by atoms with E-state index in [-0.39, 0.29) is 12.5 Å². The summed E-state index contributed by atoms with van der Waals surface area (Å²) >= 11 is 0. The Kier molecular flexibility index (Phi) is 4.62. The summed E-state index contributed by atoms with van der Waals surface area (Å²) in [6.07, 6.45) is 0. The molecule has 0 bridgehead atoms. The van der Waals surface area contributed by atoms with Crippen molar-refractivity contribution in [2.24, 2.45) is 0 Å². The van der Waals surface area contributed by atoms with Gasteiger partial charge in [-0.25, -0.2) is 13.1 Å². The Morgan fingerprint density at radius 1 is 1.26 bits per heavy atom. The number of rotatable bonds is 7. The van der Waals surface area contributed by atoms with Gasteiger partial charge in [0.25, 0.3) is 0 Å². The Hall–Kier alpha value is -1.31. The third-order valence-electron chi connectivity index (χ3n) is 2.68. The van der Waals surface area contributed by atoms with Crippen molar-refractivity contribution in [1.29, 1.82) is 0 Å². The largest absolute Gasteiger partial charge is 0.454 e. The van der Waals surface area contributed by atoms with Crippen LogP contribution in [0.15, 0.2) is 18.2 Å². The molecule has 19 heavy (non-hydrogen) atoms. The summed E-state index contributed by atoms with van der Waals surface area (Å²) in [5.74, 6) is 1.56. The normalized spacial score (nSPS) is 13.7. The van der Waals surface area contributed by atoms with Gasteiger partial charge in [-0.05, 0) is 17.7 Å². The third-order valence-corrected chi connectivity index (χ3v) is 4.15. The first-order valence-electron chi connectivity index (χ1n) is 6.17. The quantitative estimate of drug-likeness (QED) is 0.712. The van der Waals surface area contributed by atoms with Crippen molar-refractivity contribution in [2.75, 3.05) is 25.6 Å². The first-order chi connectivity index (χ1) is 9.11. The highest BCUT2D eigenvalue weighted by Gasteiger charge is 2.13. The molecule has 0 radical (unpaired) electrons. The van der Waals surface area contributed by atoms with E-state index < -0.39 is 10.0 Å². The van der Waals surface area contributed by atoms with Gasteiger partial charge in [-0.1, -0.05) is 13.0 Å². The van der Waals surface area contributed by atoms with Gasteiger partial charge in [-0.2, -0.15) is 0 Å². The fraction of sp³-hybridized carbons (Fsp3) is 0.500.